The summed E-state index contributed by atoms with van der Waals surface area (Å²) in [6, 6.07) is 5.51. The minimum Gasteiger partial charge on any atom is -0.326 e. The second-order valence-corrected chi connectivity index (χ2v) is 6.79. The Morgan fingerprint density at radius 2 is 2.39 bits per heavy atom. The Balaban J connectivity index is 2.03. The summed E-state index contributed by atoms with van der Waals surface area (Å²) in [4.78, 5) is 2.29. The Hall–Kier alpha value is -0.100. The SMILES string of the molecule is CN1CCSCC1C(N)Cc1ccc(Br)cc1F. The fourth-order valence-electron chi connectivity index (χ4n) is 2.23. The predicted molar refractivity (Wildman–Crippen MR) is 79.5 cm³/mol. The lowest BCUT2D eigenvalue weighted by atomic mass is 10.00. The molecule has 0 aromatic heterocycles. The number of likely N-dealkylation sites (N-methyl/N-ethyl adjacent to an activating group) is 1. The summed E-state index contributed by atoms with van der Waals surface area (Å²) >= 11 is 5.20. The minimum absolute atomic E-state index is 0.0153. The van der Waals surface area contributed by atoms with Crippen molar-refractivity contribution in [1.29, 1.82) is 0 Å². The number of nitrogens with zero attached hydrogens (tertiary/aromatic N) is 1. The molecule has 2 nitrogen and oxygen atoms in total. The van der Waals surface area contributed by atoms with Crippen LogP contribution in [0.4, 0.5) is 4.39 Å². The van der Waals surface area contributed by atoms with Crippen LogP contribution in [0.15, 0.2) is 22.7 Å². The van der Waals surface area contributed by atoms with E-state index in [0.717, 1.165) is 22.5 Å². The molecule has 0 radical (unpaired) electrons. The molecule has 2 atom stereocenters. The number of hydrogen-bond donors (Lipinski definition) is 1. The van der Waals surface area contributed by atoms with Crippen LogP contribution in [-0.2, 0) is 6.42 Å². The quantitative estimate of drug-likeness (QED) is 0.922. The molecule has 2 rings (SSSR count). The molecule has 0 bridgehead atoms. The Kier molecular flexibility index (Phi) is 5.06. The van der Waals surface area contributed by atoms with Gasteiger partial charge in [0.2, 0.25) is 0 Å². The molecule has 2 N–H and O–H groups in total. The second-order valence-electron chi connectivity index (χ2n) is 4.73. The van der Waals surface area contributed by atoms with E-state index in [9.17, 15) is 4.39 Å². The predicted octanol–water partition coefficient (Wildman–Crippen LogP) is 2.51. The molecule has 0 saturated carbocycles. The van der Waals surface area contributed by atoms with Crippen molar-refractivity contribution in [2.75, 3.05) is 25.1 Å². The highest BCUT2D eigenvalue weighted by Gasteiger charge is 2.26. The van der Waals surface area contributed by atoms with Gasteiger partial charge in [0, 0.05) is 34.6 Å². The molecule has 0 spiro atoms. The highest BCUT2D eigenvalue weighted by atomic mass is 79.9. The first-order valence-corrected chi connectivity index (χ1v) is 8.00. The van der Waals surface area contributed by atoms with Crippen LogP contribution in [0.5, 0.6) is 0 Å². The van der Waals surface area contributed by atoms with Crippen LogP contribution < -0.4 is 5.73 Å². The fraction of sp³-hybridized carbons (Fsp3) is 0.538. The van der Waals surface area contributed by atoms with E-state index in [1.54, 1.807) is 0 Å². The zero-order valence-corrected chi connectivity index (χ0v) is 12.8. The summed E-state index contributed by atoms with van der Waals surface area (Å²) in [5.41, 5.74) is 6.95. The zero-order chi connectivity index (χ0) is 13.1. The van der Waals surface area contributed by atoms with Gasteiger partial charge in [0.1, 0.15) is 5.82 Å². The largest absolute Gasteiger partial charge is 0.326 e. The standard InChI is InChI=1S/C13H18BrFN2S/c1-17-4-5-18-8-13(17)12(16)6-9-2-3-10(14)7-11(9)15/h2-3,7,12-13H,4-6,8,16H2,1H3. The maximum absolute atomic E-state index is 13.8. The molecule has 0 amide bonds. The lowest BCUT2D eigenvalue weighted by Gasteiger charge is -2.36. The monoisotopic (exact) mass is 332 g/mol. The van der Waals surface area contributed by atoms with Gasteiger partial charge in [-0.25, -0.2) is 4.39 Å². The van der Waals surface area contributed by atoms with Crippen LogP contribution in [0.25, 0.3) is 0 Å². The minimum atomic E-state index is -0.175. The molecular formula is C13H18BrFN2S. The Bertz CT molecular complexity index is 416. The number of halogens is 2. The average molecular weight is 333 g/mol. The number of nitrogens with two attached hydrogens (primary N) is 1. The van der Waals surface area contributed by atoms with Crippen LogP contribution in [0.2, 0.25) is 0 Å². The van der Waals surface area contributed by atoms with Crippen LogP contribution in [0.3, 0.4) is 0 Å². The van der Waals surface area contributed by atoms with Gasteiger partial charge in [0.05, 0.1) is 0 Å². The van der Waals surface area contributed by atoms with Gasteiger partial charge >= 0.3 is 0 Å². The normalized spacial score (nSPS) is 23.0. The van der Waals surface area contributed by atoms with E-state index < -0.39 is 0 Å². The number of thioether (sulfide) groups is 1. The van der Waals surface area contributed by atoms with Crippen LogP contribution in [0.1, 0.15) is 5.56 Å². The van der Waals surface area contributed by atoms with Gasteiger partial charge in [-0.05, 0) is 31.2 Å². The third kappa shape index (κ3) is 3.47. The number of benzene rings is 1. The smallest absolute Gasteiger partial charge is 0.127 e. The average Bonchev–Trinajstić information content (AvgIpc) is 2.33. The third-order valence-electron chi connectivity index (χ3n) is 3.41. The molecule has 1 heterocycles. The van der Waals surface area contributed by atoms with Crippen molar-refractivity contribution in [2.45, 2.75) is 18.5 Å². The van der Waals surface area contributed by atoms with E-state index in [1.807, 2.05) is 23.9 Å². The van der Waals surface area contributed by atoms with E-state index in [-0.39, 0.29) is 11.9 Å². The highest BCUT2D eigenvalue weighted by molar-refractivity contribution is 9.10. The van der Waals surface area contributed by atoms with E-state index >= 15 is 0 Å². The summed E-state index contributed by atoms with van der Waals surface area (Å²) in [5, 5.41) is 0. The molecule has 100 valence electrons. The first-order valence-electron chi connectivity index (χ1n) is 6.05. The van der Waals surface area contributed by atoms with Gasteiger partial charge in [-0.15, -0.1) is 0 Å². The second kappa shape index (κ2) is 6.37. The van der Waals surface area contributed by atoms with Crippen LogP contribution >= 0.6 is 27.7 Å². The summed E-state index contributed by atoms with van der Waals surface area (Å²) in [5.74, 6) is 2.02. The van der Waals surface area contributed by atoms with Crippen molar-refractivity contribution in [3.05, 3.63) is 34.1 Å². The molecule has 1 aliphatic rings. The molecule has 1 aromatic rings. The summed E-state index contributed by atoms with van der Waals surface area (Å²) in [7, 11) is 2.10. The molecule has 18 heavy (non-hydrogen) atoms. The van der Waals surface area contributed by atoms with Crippen molar-refractivity contribution in [3.8, 4) is 0 Å². The van der Waals surface area contributed by atoms with E-state index in [0.29, 0.717) is 18.0 Å². The first-order chi connectivity index (χ1) is 8.58. The van der Waals surface area contributed by atoms with Gasteiger partial charge in [0.25, 0.3) is 0 Å². The van der Waals surface area contributed by atoms with E-state index in [1.165, 1.54) is 6.07 Å². The Morgan fingerprint density at radius 1 is 1.61 bits per heavy atom. The molecule has 1 aromatic carbocycles. The Labute approximate surface area is 120 Å². The topological polar surface area (TPSA) is 29.3 Å². The Morgan fingerprint density at radius 3 is 3.06 bits per heavy atom. The van der Waals surface area contributed by atoms with Crippen molar-refractivity contribution >= 4 is 27.7 Å². The first kappa shape index (κ1) is 14.3. The van der Waals surface area contributed by atoms with E-state index in [4.69, 9.17) is 5.73 Å². The fourth-order valence-corrected chi connectivity index (χ4v) is 3.89. The highest BCUT2D eigenvalue weighted by Crippen LogP contribution is 2.21. The van der Waals surface area contributed by atoms with Gasteiger partial charge < -0.3 is 10.6 Å². The maximum atomic E-state index is 13.8. The van der Waals surface area contributed by atoms with Gasteiger partial charge in [-0.3, -0.25) is 0 Å². The van der Waals surface area contributed by atoms with Crippen LogP contribution in [0, 0.1) is 5.82 Å². The lowest BCUT2D eigenvalue weighted by Crippen LogP contribution is -2.51. The van der Waals surface area contributed by atoms with Crippen molar-refractivity contribution in [3.63, 3.8) is 0 Å². The van der Waals surface area contributed by atoms with Crippen molar-refractivity contribution in [2.24, 2.45) is 5.73 Å². The molecular weight excluding hydrogens is 315 g/mol. The third-order valence-corrected chi connectivity index (χ3v) is 4.95. The molecule has 2 unspecified atom stereocenters. The number of hydrogen-bond acceptors (Lipinski definition) is 3. The van der Waals surface area contributed by atoms with Gasteiger partial charge in [-0.1, -0.05) is 22.0 Å². The molecule has 0 aliphatic carbocycles. The van der Waals surface area contributed by atoms with Gasteiger partial charge in [0.15, 0.2) is 0 Å². The summed E-state index contributed by atoms with van der Waals surface area (Å²) < 4.78 is 14.5. The summed E-state index contributed by atoms with van der Waals surface area (Å²) in [6.07, 6.45) is 0.592. The maximum Gasteiger partial charge on any atom is 0.127 e. The van der Waals surface area contributed by atoms with Crippen LogP contribution in [-0.4, -0.2) is 42.1 Å². The molecule has 1 fully saturated rings. The zero-order valence-electron chi connectivity index (χ0n) is 10.4. The van der Waals surface area contributed by atoms with Gasteiger partial charge in [-0.2, -0.15) is 11.8 Å². The lowest BCUT2D eigenvalue weighted by molar-refractivity contribution is 0.234. The van der Waals surface area contributed by atoms with Crippen molar-refractivity contribution < 1.29 is 4.39 Å². The summed E-state index contributed by atoms with van der Waals surface area (Å²) in [6.45, 7) is 1.06. The van der Waals surface area contributed by atoms with E-state index in [2.05, 4.69) is 27.9 Å². The molecule has 5 heteroatoms. The number of rotatable bonds is 3. The molecule has 1 aliphatic heterocycles. The molecule has 1 saturated heterocycles. The van der Waals surface area contributed by atoms with Crippen molar-refractivity contribution in [1.82, 2.24) is 4.90 Å².